The zero-order valence-electron chi connectivity index (χ0n) is 13.3. The van der Waals surface area contributed by atoms with Crippen molar-refractivity contribution in [2.75, 3.05) is 20.3 Å². The van der Waals surface area contributed by atoms with Gasteiger partial charge in [0.2, 0.25) is 5.91 Å². The molecule has 1 aromatic rings. The second-order valence-corrected chi connectivity index (χ2v) is 5.02. The van der Waals surface area contributed by atoms with E-state index in [1.165, 1.54) is 6.08 Å². The maximum atomic E-state index is 11.7. The minimum Gasteiger partial charge on any atom is -0.497 e. The topological polar surface area (TPSA) is 106 Å². The van der Waals surface area contributed by atoms with Crippen molar-refractivity contribution >= 4 is 17.8 Å². The third-order valence-corrected chi connectivity index (χ3v) is 3.28. The van der Waals surface area contributed by atoms with Gasteiger partial charge in [0.05, 0.1) is 7.11 Å². The highest BCUT2D eigenvalue weighted by atomic mass is 16.5. The highest BCUT2D eigenvalue weighted by Gasteiger charge is 2.17. The number of esters is 1. The Bertz CT molecular complexity index is 640. The van der Waals surface area contributed by atoms with E-state index in [4.69, 9.17) is 9.47 Å². The number of hydrogen-bond acceptors (Lipinski definition) is 6. The fourth-order valence-electron chi connectivity index (χ4n) is 1.97. The summed E-state index contributed by atoms with van der Waals surface area (Å²) in [5, 5.41) is 2.67. The van der Waals surface area contributed by atoms with Gasteiger partial charge in [0.25, 0.3) is 5.91 Å². The van der Waals surface area contributed by atoms with Crippen molar-refractivity contribution in [3.8, 4) is 5.75 Å². The van der Waals surface area contributed by atoms with E-state index in [0.29, 0.717) is 13.0 Å². The van der Waals surface area contributed by atoms with Crippen molar-refractivity contribution in [1.29, 1.82) is 0 Å². The first-order chi connectivity index (χ1) is 11.6. The average Bonchev–Trinajstić information content (AvgIpc) is 2.61. The predicted octanol–water partition coefficient (Wildman–Crippen LogP) is -0.194. The standard InChI is InChI=1S/C16H19N3O5/c1-23-12-4-2-11(3-5-12)8-9-17-15(21)10-24-16(22)13-6-7-14(20)19-18-13/h2-6,18H,7-10H2,1H3,(H,17,21)(H,19,20). The molecular formula is C16H19N3O5. The van der Waals surface area contributed by atoms with Gasteiger partial charge in [0.1, 0.15) is 11.4 Å². The molecule has 1 aliphatic rings. The smallest absolute Gasteiger partial charge is 0.356 e. The first-order valence-corrected chi connectivity index (χ1v) is 7.40. The Kier molecular flexibility index (Phi) is 6.18. The Morgan fingerprint density at radius 3 is 2.58 bits per heavy atom. The second-order valence-electron chi connectivity index (χ2n) is 5.02. The molecule has 8 heteroatoms. The maximum absolute atomic E-state index is 11.7. The molecule has 0 radical (unpaired) electrons. The molecule has 128 valence electrons. The Hall–Kier alpha value is -3.03. The highest BCUT2D eigenvalue weighted by Crippen LogP contribution is 2.11. The molecule has 8 nitrogen and oxygen atoms in total. The Morgan fingerprint density at radius 2 is 1.96 bits per heavy atom. The number of ether oxygens (including phenoxy) is 2. The van der Waals surface area contributed by atoms with Crippen molar-refractivity contribution < 1.29 is 23.9 Å². The molecule has 0 spiro atoms. The lowest BCUT2D eigenvalue weighted by Gasteiger charge is -2.15. The van der Waals surface area contributed by atoms with Crippen LogP contribution < -0.4 is 20.9 Å². The summed E-state index contributed by atoms with van der Waals surface area (Å²) in [5.74, 6) is -0.558. The molecule has 1 aliphatic heterocycles. The van der Waals surface area contributed by atoms with Crippen LogP contribution in [0.5, 0.6) is 5.75 Å². The zero-order valence-corrected chi connectivity index (χ0v) is 13.3. The van der Waals surface area contributed by atoms with Crippen molar-refractivity contribution in [2.24, 2.45) is 0 Å². The van der Waals surface area contributed by atoms with Crippen LogP contribution in [0.1, 0.15) is 12.0 Å². The fourth-order valence-corrected chi connectivity index (χ4v) is 1.97. The number of hydrazine groups is 1. The van der Waals surface area contributed by atoms with Crippen LogP contribution >= 0.6 is 0 Å². The van der Waals surface area contributed by atoms with Crippen LogP contribution in [0.4, 0.5) is 0 Å². The molecule has 1 aromatic carbocycles. The summed E-state index contributed by atoms with van der Waals surface area (Å²) in [6, 6.07) is 7.53. The van der Waals surface area contributed by atoms with Gasteiger partial charge in [-0.1, -0.05) is 12.1 Å². The average molecular weight is 333 g/mol. The van der Waals surface area contributed by atoms with E-state index in [1.54, 1.807) is 7.11 Å². The first-order valence-electron chi connectivity index (χ1n) is 7.40. The molecule has 0 atom stereocenters. The molecule has 0 unspecified atom stereocenters. The number of carbonyl (C=O) groups excluding carboxylic acids is 3. The second kappa shape index (κ2) is 8.56. The van der Waals surface area contributed by atoms with Crippen LogP contribution in [0.25, 0.3) is 0 Å². The number of methoxy groups -OCH3 is 1. The summed E-state index contributed by atoms with van der Waals surface area (Å²) in [4.78, 5) is 34.3. The van der Waals surface area contributed by atoms with E-state index >= 15 is 0 Å². The van der Waals surface area contributed by atoms with E-state index < -0.39 is 11.9 Å². The molecule has 0 fully saturated rings. The normalized spacial score (nSPS) is 13.2. The highest BCUT2D eigenvalue weighted by molar-refractivity contribution is 5.92. The minimum atomic E-state index is -0.694. The SMILES string of the molecule is COc1ccc(CCNC(=O)COC(=O)C2=CCC(=O)NN2)cc1. The van der Waals surface area contributed by atoms with Crippen molar-refractivity contribution in [3.63, 3.8) is 0 Å². The number of rotatable bonds is 7. The quantitative estimate of drug-likeness (QED) is 0.597. The largest absolute Gasteiger partial charge is 0.497 e. The van der Waals surface area contributed by atoms with Crippen LogP contribution in [0, 0.1) is 0 Å². The lowest BCUT2D eigenvalue weighted by Crippen LogP contribution is -2.43. The van der Waals surface area contributed by atoms with Gasteiger partial charge >= 0.3 is 5.97 Å². The number of benzene rings is 1. The van der Waals surface area contributed by atoms with Crippen molar-refractivity contribution in [1.82, 2.24) is 16.2 Å². The lowest BCUT2D eigenvalue weighted by atomic mass is 10.1. The fraction of sp³-hybridized carbons (Fsp3) is 0.312. The van der Waals surface area contributed by atoms with E-state index in [9.17, 15) is 14.4 Å². The molecule has 2 amide bonds. The number of nitrogens with one attached hydrogen (secondary N) is 3. The lowest BCUT2D eigenvalue weighted by molar-refractivity contribution is -0.145. The first kappa shape index (κ1) is 17.3. The third kappa shape index (κ3) is 5.31. The van der Waals surface area contributed by atoms with Crippen LogP contribution in [0.3, 0.4) is 0 Å². The van der Waals surface area contributed by atoms with E-state index in [2.05, 4.69) is 16.2 Å². The Morgan fingerprint density at radius 1 is 1.21 bits per heavy atom. The van der Waals surface area contributed by atoms with E-state index in [0.717, 1.165) is 11.3 Å². The van der Waals surface area contributed by atoms with Gasteiger partial charge in [0.15, 0.2) is 6.61 Å². The Labute approximate surface area is 139 Å². The molecule has 24 heavy (non-hydrogen) atoms. The van der Waals surface area contributed by atoms with Crippen LogP contribution in [-0.4, -0.2) is 38.0 Å². The molecule has 0 bridgehead atoms. The Balaban J connectivity index is 1.66. The molecule has 3 N–H and O–H groups in total. The molecule has 0 saturated heterocycles. The van der Waals surface area contributed by atoms with Crippen LogP contribution in [0.2, 0.25) is 0 Å². The summed E-state index contributed by atoms with van der Waals surface area (Å²) < 4.78 is 9.93. The molecular weight excluding hydrogens is 314 g/mol. The molecule has 0 aromatic heterocycles. The van der Waals surface area contributed by atoms with E-state index in [1.807, 2.05) is 24.3 Å². The predicted molar refractivity (Wildman–Crippen MR) is 84.6 cm³/mol. The van der Waals surface area contributed by atoms with Crippen molar-refractivity contribution in [3.05, 3.63) is 41.6 Å². The van der Waals surface area contributed by atoms with Gasteiger partial charge in [-0.2, -0.15) is 0 Å². The van der Waals surface area contributed by atoms with Crippen molar-refractivity contribution in [2.45, 2.75) is 12.8 Å². The summed E-state index contributed by atoms with van der Waals surface area (Å²) in [5.41, 5.74) is 5.87. The van der Waals surface area contributed by atoms with Gasteiger partial charge in [-0.25, -0.2) is 4.79 Å². The summed E-state index contributed by atoms with van der Waals surface area (Å²) in [6.45, 7) is 0.0497. The monoisotopic (exact) mass is 333 g/mol. The van der Waals surface area contributed by atoms with Gasteiger partial charge in [-0.15, -0.1) is 0 Å². The molecule has 2 rings (SSSR count). The van der Waals surface area contributed by atoms with Crippen LogP contribution in [-0.2, 0) is 25.5 Å². The molecule has 0 saturated carbocycles. The number of carbonyl (C=O) groups is 3. The minimum absolute atomic E-state index is 0.0888. The van der Waals surface area contributed by atoms with Crippen LogP contribution in [0.15, 0.2) is 36.0 Å². The number of amides is 2. The summed E-state index contributed by atoms with van der Waals surface area (Å²) >= 11 is 0. The maximum Gasteiger partial charge on any atom is 0.356 e. The summed E-state index contributed by atoms with van der Waals surface area (Å²) in [6.07, 6.45) is 2.15. The van der Waals surface area contributed by atoms with Gasteiger partial charge in [-0.05, 0) is 30.2 Å². The van der Waals surface area contributed by atoms with Gasteiger partial charge < -0.3 is 14.8 Å². The number of hydrogen-bond donors (Lipinski definition) is 3. The summed E-state index contributed by atoms with van der Waals surface area (Å²) in [7, 11) is 1.60. The van der Waals surface area contributed by atoms with Gasteiger partial charge in [-0.3, -0.25) is 20.4 Å². The van der Waals surface area contributed by atoms with Gasteiger partial charge in [0, 0.05) is 13.0 Å². The molecule has 0 aliphatic carbocycles. The third-order valence-electron chi connectivity index (χ3n) is 3.28. The van der Waals surface area contributed by atoms with E-state index in [-0.39, 0.29) is 24.6 Å². The zero-order chi connectivity index (χ0) is 17.4. The molecule has 1 heterocycles.